The average Bonchev–Trinajstić information content (AvgIpc) is 3.32. The smallest absolute Gasteiger partial charge is 0.326 e. The lowest BCUT2D eigenvalue weighted by Gasteiger charge is -2.24. The van der Waals surface area contributed by atoms with E-state index in [0.29, 0.717) is 18.5 Å². The molecular weight excluding hydrogens is 466 g/mol. The van der Waals surface area contributed by atoms with Gasteiger partial charge >= 0.3 is 5.97 Å². The fourth-order valence-electron chi connectivity index (χ4n) is 3.40. The second-order valence-corrected chi connectivity index (χ2v) is 8.26. The third kappa shape index (κ3) is 8.23. The molecule has 8 N–H and O–H groups in total. The number of aliphatic carboxylic acids is 1. The van der Waals surface area contributed by atoms with E-state index in [0.717, 1.165) is 6.42 Å². The van der Waals surface area contributed by atoms with E-state index >= 15 is 0 Å². The van der Waals surface area contributed by atoms with E-state index in [1.165, 1.54) is 24.3 Å². The number of carbonyl (C=O) groups is 5. The van der Waals surface area contributed by atoms with Crippen molar-refractivity contribution in [3.05, 3.63) is 29.8 Å². The number of carbonyl (C=O) groups excluding carboxylic acids is 4. The Balaban J connectivity index is 2.03. The number of thiol groups is 1. The normalized spacial score (nSPS) is 17.7. The van der Waals surface area contributed by atoms with Crippen LogP contribution in [0.2, 0.25) is 0 Å². The molecule has 1 aliphatic rings. The topological polar surface area (TPSA) is 200 Å². The lowest BCUT2D eigenvalue weighted by atomic mass is 10.1. The Morgan fingerprint density at radius 1 is 1.03 bits per heavy atom. The third-order valence-electron chi connectivity index (χ3n) is 5.22. The van der Waals surface area contributed by atoms with Crippen LogP contribution in [0.25, 0.3) is 0 Å². The number of aromatic hydroxyl groups is 1. The maximum atomic E-state index is 12.7. The first-order valence-corrected chi connectivity index (χ1v) is 11.3. The molecule has 13 heteroatoms. The fraction of sp³-hybridized carbons (Fsp3) is 0.476. The summed E-state index contributed by atoms with van der Waals surface area (Å²) in [5, 5.41) is 29.0. The van der Waals surface area contributed by atoms with Gasteiger partial charge in [0.05, 0.1) is 12.5 Å². The summed E-state index contributed by atoms with van der Waals surface area (Å²) in [6.07, 6.45) is 0.824. The number of phenols is 1. The van der Waals surface area contributed by atoms with Gasteiger partial charge < -0.3 is 37.2 Å². The summed E-state index contributed by atoms with van der Waals surface area (Å²) in [7, 11) is 0. The lowest BCUT2D eigenvalue weighted by molar-refractivity contribution is -0.142. The number of primary amides is 1. The number of amides is 4. The first-order valence-electron chi connectivity index (χ1n) is 10.6. The van der Waals surface area contributed by atoms with Crippen LogP contribution in [-0.4, -0.2) is 76.3 Å². The quantitative estimate of drug-likeness (QED) is 0.153. The van der Waals surface area contributed by atoms with E-state index in [-0.39, 0.29) is 17.9 Å². The molecule has 2 rings (SSSR count). The number of nitrogens with one attached hydrogen (secondary N) is 4. The Kier molecular flexibility index (Phi) is 10.1. The Hall–Kier alpha value is -3.32. The van der Waals surface area contributed by atoms with Gasteiger partial charge in [0.25, 0.3) is 0 Å². The molecule has 1 aromatic carbocycles. The van der Waals surface area contributed by atoms with Crippen LogP contribution < -0.4 is 27.0 Å². The molecule has 0 saturated carbocycles. The fourth-order valence-corrected chi connectivity index (χ4v) is 3.65. The number of benzene rings is 1. The van der Waals surface area contributed by atoms with Gasteiger partial charge in [0.15, 0.2) is 0 Å². The standard InChI is InChI=1S/C21H29N5O7S/c22-17(28)9-14(24-18(29)13-2-1-7-23-13)19(30)26-16(10-34)20(31)25-15(21(32)33)8-11-3-5-12(27)6-4-11/h3-6,13-16,23,27,34H,1-2,7-10H2,(H2,22,28)(H,24,29)(H,25,31)(H,26,30)(H,32,33). The molecule has 1 fully saturated rings. The first-order chi connectivity index (χ1) is 16.1. The summed E-state index contributed by atoms with van der Waals surface area (Å²) in [6.45, 7) is 0.654. The maximum absolute atomic E-state index is 12.7. The highest BCUT2D eigenvalue weighted by atomic mass is 32.1. The SMILES string of the molecule is NC(=O)CC(NC(=O)C1CCCN1)C(=O)NC(CS)C(=O)NC(Cc1ccc(O)cc1)C(=O)O. The minimum Gasteiger partial charge on any atom is -0.508 e. The van der Waals surface area contributed by atoms with Crippen molar-refractivity contribution in [2.24, 2.45) is 5.73 Å². The maximum Gasteiger partial charge on any atom is 0.326 e. The van der Waals surface area contributed by atoms with E-state index in [2.05, 4.69) is 33.9 Å². The van der Waals surface area contributed by atoms with Gasteiger partial charge in [0.2, 0.25) is 23.6 Å². The highest BCUT2D eigenvalue weighted by molar-refractivity contribution is 7.80. The van der Waals surface area contributed by atoms with Crippen LogP contribution in [0.4, 0.5) is 0 Å². The summed E-state index contributed by atoms with van der Waals surface area (Å²) >= 11 is 4.05. The molecule has 0 aliphatic carbocycles. The molecule has 0 radical (unpaired) electrons. The predicted molar refractivity (Wildman–Crippen MR) is 124 cm³/mol. The van der Waals surface area contributed by atoms with Crippen LogP contribution in [0.5, 0.6) is 5.75 Å². The van der Waals surface area contributed by atoms with Crippen LogP contribution in [0.1, 0.15) is 24.8 Å². The van der Waals surface area contributed by atoms with Crippen molar-refractivity contribution < 1.29 is 34.2 Å². The van der Waals surface area contributed by atoms with Gasteiger partial charge in [-0.15, -0.1) is 0 Å². The van der Waals surface area contributed by atoms with Gasteiger partial charge in [-0.2, -0.15) is 12.6 Å². The summed E-state index contributed by atoms with van der Waals surface area (Å²) in [6, 6.07) is 1.46. The predicted octanol–water partition coefficient (Wildman–Crippen LogP) is -1.97. The van der Waals surface area contributed by atoms with Crippen molar-refractivity contribution in [1.82, 2.24) is 21.3 Å². The molecule has 1 heterocycles. The molecule has 1 saturated heterocycles. The zero-order valence-electron chi connectivity index (χ0n) is 18.3. The lowest BCUT2D eigenvalue weighted by Crippen LogP contribution is -2.58. The Morgan fingerprint density at radius 3 is 2.18 bits per heavy atom. The van der Waals surface area contributed by atoms with E-state index in [1.54, 1.807) is 0 Å². The van der Waals surface area contributed by atoms with Crippen LogP contribution in [-0.2, 0) is 30.4 Å². The van der Waals surface area contributed by atoms with Crippen molar-refractivity contribution in [2.75, 3.05) is 12.3 Å². The molecule has 0 spiro atoms. The van der Waals surface area contributed by atoms with E-state index in [9.17, 15) is 34.2 Å². The van der Waals surface area contributed by atoms with E-state index < -0.39 is 60.2 Å². The molecule has 12 nitrogen and oxygen atoms in total. The third-order valence-corrected chi connectivity index (χ3v) is 5.59. The van der Waals surface area contributed by atoms with Gasteiger partial charge in [-0.1, -0.05) is 12.1 Å². The molecule has 4 amide bonds. The first kappa shape index (κ1) is 26.9. The minimum atomic E-state index is -1.31. The highest BCUT2D eigenvalue weighted by Crippen LogP contribution is 2.12. The largest absolute Gasteiger partial charge is 0.508 e. The average molecular weight is 496 g/mol. The second kappa shape index (κ2) is 12.8. The molecule has 0 bridgehead atoms. The molecule has 1 aliphatic heterocycles. The van der Waals surface area contributed by atoms with Crippen LogP contribution in [0.15, 0.2) is 24.3 Å². The molecule has 4 atom stereocenters. The zero-order chi connectivity index (χ0) is 25.3. The van der Waals surface area contributed by atoms with Crippen molar-refractivity contribution in [2.45, 2.75) is 49.9 Å². The number of hydrogen-bond donors (Lipinski definition) is 8. The van der Waals surface area contributed by atoms with Crippen LogP contribution in [0, 0.1) is 0 Å². The van der Waals surface area contributed by atoms with Gasteiger partial charge in [-0.25, -0.2) is 4.79 Å². The second-order valence-electron chi connectivity index (χ2n) is 7.89. The summed E-state index contributed by atoms with van der Waals surface area (Å²) in [5.41, 5.74) is 5.76. The van der Waals surface area contributed by atoms with Gasteiger partial charge in [0, 0.05) is 12.2 Å². The van der Waals surface area contributed by atoms with E-state index in [4.69, 9.17) is 5.73 Å². The number of rotatable bonds is 12. The summed E-state index contributed by atoms with van der Waals surface area (Å²) in [4.78, 5) is 60.8. The van der Waals surface area contributed by atoms with Crippen molar-refractivity contribution in [1.29, 1.82) is 0 Å². The molecular formula is C21H29N5O7S. The molecule has 1 aromatic rings. The summed E-state index contributed by atoms with van der Waals surface area (Å²) in [5.74, 6) is -4.39. The molecule has 34 heavy (non-hydrogen) atoms. The zero-order valence-corrected chi connectivity index (χ0v) is 19.2. The number of carboxylic acid groups (broad SMARTS) is 1. The Labute approximate surface area is 201 Å². The Morgan fingerprint density at radius 2 is 1.65 bits per heavy atom. The number of hydrogen-bond acceptors (Lipinski definition) is 8. The molecule has 186 valence electrons. The van der Waals surface area contributed by atoms with Crippen LogP contribution in [0.3, 0.4) is 0 Å². The highest BCUT2D eigenvalue weighted by Gasteiger charge is 2.31. The van der Waals surface area contributed by atoms with Crippen molar-refractivity contribution in [3.8, 4) is 5.75 Å². The minimum absolute atomic E-state index is 0.0128. The van der Waals surface area contributed by atoms with Gasteiger partial charge in [0.1, 0.15) is 23.9 Å². The van der Waals surface area contributed by atoms with Crippen LogP contribution >= 0.6 is 12.6 Å². The number of phenolic OH excluding ortho intramolecular Hbond substituents is 1. The van der Waals surface area contributed by atoms with Crippen molar-refractivity contribution in [3.63, 3.8) is 0 Å². The van der Waals surface area contributed by atoms with Crippen molar-refractivity contribution >= 4 is 42.2 Å². The monoisotopic (exact) mass is 495 g/mol. The van der Waals surface area contributed by atoms with Gasteiger partial charge in [-0.3, -0.25) is 19.2 Å². The Bertz CT molecular complexity index is 905. The number of carboxylic acids is 1. The van der Waals surface area contributed by atoms with Gasteiger partial charge in [-0.05, 0) is 37.1 Å². The number of nitrogens with two attached hydrogens (primary N) is 1. The van der Waals surface area contributed by atoms with E-state index in [1.807, 2.05) is 0 Å². The summed E-state index contributed by atoms with van der Waals surface area (Å²) < 4.78 is 0. The molecule has 4 unspecified atom stereocenters. The molecule has 0 aromatic heterocycles.